The molecule has 0 saturated carbocycles. The topological polar surface area (TPSA) is 78.7 Å². The molecule has 0 spiro atoms. The standard InChI is InChI=1S/C17H14ClNO5/c1-23-17(20)9-5-12-4-8-16(15(18)10-12)24-11-13-2-6-14(7-3-13)19(21)22/h2-10H,11H2,1H3/b9-5+. The highest BCUT2D eigenvalue weighted by molar-refractivity contribution is 6.32. The summed E-state index contributed by atoms with van der Waals surface area (Å²) in [5.74, 6) is 0.0230. The Bertz CT molecular complexity index is 771. The average molecular weight is 348 g/mol. The van der Waals surface area contributed by atoms with Crippen LogP contribution in [-0.4, -0.2) is 18.0 Å². The number of ether oxygens (including phenoxy) is 2. The number of non-ortho nitro benzene ring substituents is 1. The van der Waals surface area contributed by atoms with Crippen molar-refractivity contribution in [2.24, 2.45) is 0 Å². The van der Waals surface area contributed by atoms with Crippen molar-refractivity contribution in [3.8, 4) is 5.75 Å². The first-order valence-electron chi connectivity index (χ1n) is 6.91. The average Bonchev–Trinajstić information content (AvgIpc) is 2.59. The molecular weight excluding hydrogens is 334 g/mol. The molecule has 0 aliphatic heterocycles. The van der Waals surface area contributed by atoms with Gasteiger partial charge in [0, 0.05) is 18.2 Å². The van der Waals surface area contributed by atoms with Crippen molar-refractivity contribution in [2.45, 2.75) is 6.61 Å². The van der Waals surface area contributed by atoms with Crippen LogP contribution in [0.3, 0.4) is 0 Å². The van der Waals surface area contributed by atoms with Crippen LogP contribution in [0.25, 0.3) is 6.08 Å². The normalized spacial score (nSPS) is 10.6. The molecule has 0 unspecified atom stereocenters. The van der Waals surface area contributed by atoms with Crippen molar-refractivity contribution in [2.75, 3.05) is 7.11 Å². The number of carbonyl (C=O) groups is 1. The van der Waals surface area contributed by atoms with E-state index in [0.29, 0.717) is 10.8 Å². The van der Waals surface area contributed by atoms with Gasteiger partial charge in [0.25, 0.3) is 5.69 Å². The van der Waals surface area contributed by atoms with E-state index < -0.39 is 10.9 Å². The van der Waals surface area contributed by atoms with Gasteiger partial charge >= 0.3 is 5.97 Å². The van der Waals surface area contributed by atoms with Crippen LogP contribution in [0.4, 0.5) is 5.69 Å². The van der Waals surface area contributed by atoms with E-state index in [1.165, 1.54) is 25.3 Å². The quantitative estimate of drug-likeness (QED) is 0.341. The van der Waals surface area contributed by atoms with Gasteiger partial charge in [-0.25, -0.2) is 4.79 Å². The van der Waals surface area contributed by atoms with Crippen LogP contribution < -0.4 is 4.74 Å². The Morgan fingerprint density at radius 2 is 1.96 bits per heavy atom. The van der Waals surface area contributed by atoms with Gasteiger partial charge in [-0.15, -0.1) is 0 Å². The molecule has 2 aromatic carbocycles. The van der Waals surface area contributed by atoms with E-state index in [9.17, 15) is 14.9 Å². The second-order valence-electron chi connectivity index (χ2n) is 4.76. The highest BCUT2D eigenvalue weighted by atomic mass is 35.5. The van der Waals surface area contributed by atoms with E-state index in [0.717, 1.165) is 11.1 Å². The van der Waals surface area contributed by atoms with Crippen LogP contribution in [-0.2, 0) is 16.1 Å². The molecule has 0 N–H and O–H groups in total. The molecular formula is C17H14ClNO5. The van der Waals surface area contributed by atoms with Gasteiger partial charge in [0.15, 0.2) is 0 Å². The molecule has 0 saturated heterocycles. The van der Waals surface area contributed by atoms with Crippen LogP contribution in [0.2, 0.25) is 5.02 Å². The summed E-state index contributed by atoms with van der Waals surface area (Å²) >= 11 is 6.15. The Morgan fingerprint density at radius 1 is 1.25 bits per heavy atom. The summed E-state index contributed by atoms with van der Waals surface area (Å²) in [6, 6.07) is 11.2. The summed E-state index contributed by atoms with van der Waals surface area (Å²) in [7, 11) is 1.30. The Kier molecular flexibility index (Phi) is 5.92. The molecule has 0 atom stereocenters. The molecule has 2 rings (SSSR count). The second kappa shape index (κ2) is 8.12. The van der Waals surface area contributed by atoms with Gasteiger partial charge in [0.1, 0.15) is 12.4 Å². The van der Waals surface area contributed by atoms with E-state index >= 15 is 0 Å². The summed E-state index contributed by atoms with van der Waals surface area (Å²) in [5.41, 5.74) is 1.54. The minimum atomic E-state index is -0.456. The zero-order chi connectivity index (χ0) is 17.5. The first-order chi connectivity index (χ1) is 11.5. The number of rotatable bonds is 6. The Balaban J connectivity index is 2.01. The fraction of sp³-hybridized carbons (Fsp3) is 0.118. The zero-order valence-corrected chi connectivity index (χ0v) is 13.5. The summed E-state index contributed by atoms with van der Waals surface area (Å²) < 4.78 is 10.1. The van der Waals surface area contributed by atoms with Gasteiger partial charge < -0.3 is 9.47 Å². The molecule has 0 bridgehead atoms. The summed E-state index contributed by atoms with van der Waals surface area (Å²) in [5, 5.41) is 11.0. The molecule has 7 heteroatoms. The van der Waals surface area contributed by atoms with Crippen molar-refractivity contribution in [3.05, 3.63) is 74.8 Å². The molecule has 0 fully saturated rings. The number of nitro benzene ring substituents is 1. The number of benzene rings is 2. The van der Waals surface area contributed by atoms with Gasteiger partial charge in [-0.05, 0) is 41.5 Å². The number of hydrogen-bond donors (Lipinski definition) is 0. The number of nitro groups is 1. The summed E-state index contributed by atoms with van der Waals surface area (Å²) in [6.45, 7) is 0.231. The molecule has 0 radical (unpaired) electrons. The molecule has 6 nitrogen and oxygen atoms in total. The van der Waals surface area contributed by atoms with Crippen molar-refractivity contribution < 1.29 is 19.2 Å². The number of esters is 1. The molecule has 0 aliphatic rings. The fourth-order valence-electron chi connectivity index (χ4n) is 1.85. The molecule has 124 valence electrons. The van der Waals surface area contributed by atoms with E-state index in [4.69, 9.17) is 16.3 Å². The summed E-state index contributed by atoms with van der Waals surface area (Å²) in [4.78, 5) is 21.2. The van der Waals surface area contributed by atoms with Crippen LogP contribution in [0.5, 0.6) is 5.75 Å². The second-order valence-corrected chi connectivity index (χ2v) is 5.17. The lowest BCUT2D eigenvalue weighted by Crippen LogP contribution is -1.97. The van der Waals surface area contributed by atoms with Crippen molar-refractivity contribution >= 4 is 29.3 Å². The molecule has 0 heterocycles. The van der Waals surface area contributed by atoms with Crippen LogP contribution in [0.1, 0.15) is 11.1 Å². The molecule has 0 aliphatic carbocycles. The van der Waals surface area contributed by atoms with Gasteiger partial charge in [0.2, 0.25) is 0 Å². The summed E-state index contributed by atoms with van der Waals surface area (Å²) in [6.07, 6.45) is 2.88. The van der Waals surface area contributed by atoms with Crippen molar-refractivity contribution in [1.82, 2.24) is 0 Å². The Hall–Kier alpha value is -2.86. The molecule has 2 aromatic rings. The number of hydrogen-bond acceptors (Lipinski definition) is 5. The predicted octanol–water partition coefficient (Wildman–Crippen LogP) is 4.01. The van der Waals surface area contributed by atoms with Crippen molar-refractivity contribution in [3.63, 3.8) is 0 Å². The third kappa shape index (κ3) is 4.82. The highest BCUT2D eigenvalue weighted by Crippen LogP contribution is 2.27. The van der Waals surface area contributed by atoms with Gasteiger partial charge in [-0.3, -0.25) is 10.1 Å². The lowest BCUT2D eigenvalue weighted by atomic mass is 10.2. The third-order valence-electron chi connectivity index (χ3n) is 3.11. The number of carbonyl (C=O) groups excluding carboxylic acids is 1. The Labute approximate surface area is 143 Å². The lowest BCUT2D eigenvalue weighted by molar-refractivity contribution is -0.384. The molecule has 0 amide bonds. The van der Waals surface area contributed by atoms with E-state index in [1.54, 1.807) is 36.4 Å². The SMILES string of the molecule is COC(=O)/C=C/c1ccc(OCc2ccc([N+](=O)[O-])cc2)c(Cl)c1. The van der Waals surface area contributed by atoms with Gasteiger partial charge in [0.05, 0.1) is 17.1 Å². The largest absolute Gasteiger partial charge is 0.487 e. The first-order valence-corrected chi connectivity index (χ1v) is 7.29. The van der Waals surface area contributed by atoms with E-state index in [-0.39, 0.29) is 12.3 Å². The predicted molar refractivity (Wildman–Crippen MR) is 89.9 cm³/mol. The highest BCUT2D eigenvalue weighted by Gasteiger charge is 2.06. The minimum absolute atomic E-state index is 0.0264. The molecule has 0 aromatic heterocycles. The smallest absolute Gasteiger partial charge is 0.330 e. The van der Waals surface area contributed by atoms with E-state index in [2.05, 4.69) is 4.74 Å². The maximum Gasteiger partial charge on any atom is 0.330 e. The van der Waals surface area contributed by atoms with Gasteiger partial charge in [-0.1, -0.05) is 17.7 Å². The number of nitrogens with zero attached hydrogens (tertiary/aromatic N) is 1. The number of halogens is 1. The van der Waals surface area contributed by atoms with E-state index in [1.807, 2.05) is 0 Å². The maximum atomic E-state index is 11.1. The maximum absolute atomic E-state index is 11.1. The third-order valence-corrected chi connectivity index (χ3v) is 3.41. The molecule has 24 heavy (non-hydrogen) atoms. The Morgan fingerprint density at radius 3 is 2.54 bits per heavy atom. The van der Waals surface area contributed by atoms with Crippen LogP contribution >= 0.6 is 11.6 Å². The first kappa shape index (κ1) is 17.5. The zero-order valence-electron chi connectivity index (χ0n) is 12.8. The van der Waals surface area contributed by atoms with Gasteiger partial charge in [-0.2, -0.15) is 0 Å². The minimum Gasteiger partial charge on any atom is -0.487 e. The fourth-order valence-corrected chi connectivity index (χ4v) is 2.09. The number of methoxy groups -OCH3 is 1. The van der Waals surface area contributed by atoms with Crippen LogP contribution in [0.15, 0.2) is 48.5 Å². The monoisotopic (exact) mass is 347 g/mol. The van der Waals surface area contributed by atoms with Crippen LogP contribution in [0, 0.1) is 10.1 Å². The lowest BCUT2D eigenvalue weighted by Gasteiger charge is -2.08. The van der Waals surface area contributed by atoms with Crippen molar-refractivity contribution in [1.29, 1.82) is 0 Å².